The second-order valence-electron chi connectivity index (χ2n) is 9.56. The molecule has 0 spiro atoms. The molecule has 0 aromatic heterocycles. The first kappa shape index (κ1) is 28.8. The summed E-state index contributed by atoms with van der Waals surface area (Å²) in [6.07, 6.45) is 1.23. The van der Waals surface area contributed by atoms with E-state index < -0.39 is 34.3 Å². The number of halogens is 1. The largest absolute Gasteiger partial charge is 0.352 e. The molecule has 2 amide bonds. The Labute approximate surface area is 224 Å². The topological polar surface area (TPSA) is 86.8 Å². The Morgan fingerprint density at radius 2 is 1.53 bits per heavy atom. The molecule has 0 aliphatic heterocycles. The fraction of sp³-hybridized carbons (Fsp3) is 0.310. The van der Waals surface area contributed by atoms with Crippen molar-refractivity contribution in [1.82, 2.24) is 10.2 Å². The molecule has 0 saturated carbocycles. The molecule has 0 radical (unpaired) electrons. The van der Waals surface area contributed by atoms with Crippen molar-refractivity contribution in [3.05, 3.63) is 101 Å². The van der Waals surface area contributed by atoms with Gasteiger partial charge in [0.2, 0.25) is 21.8 Å². The molecule has 0 heterocycles. The zero-order chi connectivity index (χ0) is 27.9. The molecular weight excluding hydrogens is 505 g/mol. The van der Waals surface area contributed by atoms with E-state index in [9.17, 15) is 22.4 Å². The van der Waals surface area contributed by atoms with Crippen LogP contribution in [0.15, 0.2) is 78.9 Å². The molecule has 9 heteroatoms. The highest BCUT2D eigenvalue weighted by Crippen LogP contribution is 2.21. The van der Waals surface area contributed by atoms with Gasteiger partial charge < -0.3 is 10.2 Å². The third-order valence-corrected chi connectivity index (χ3v) is 7.24. The van der Waals surface area contributed by atoms with Crippen LogP contribution in [0.5, 0.6) is 0 Å². The van der Waals surface area contributed by atoms with E-state index in [1.54, 1.807) is 0 Å². The Hall–Kier alpha value is -3.72. The molecule has 0 bridgehead atoms. The zero-order valence-corrected chi connectivity index (χ0v) is 22.9. The fourth-order valence-electron chi connectivity index (χ4n) is 4.13. The van der Waals surface area contributed by atoms with Gasteiger partial charge in [-0.3, -0.25) is 13.9 Å². The third kappa shape index (κ3) is 7.89. The minimum atomic E-state index is -3.90. The summed E-state index contributed by atoms with van der Waals surface area (Å²) in [6.45, 7) is 5.15. The maximum atomic E-state index is 13.9. The summed E-state index contributed by atoms with van der Waals surface area (Å²) < 4.78 is 39.9. The van der Waals surface area contributed by atoms with Gasteiger partial charge in [-0.2, -0.15) is 0 Å². The van der Waals surface area contributed by atoms with Gasteiger partial charge in [0, 0.05) is 19.0 Å². The maximum Gasteiger partial charge on any atom is 0.244 e. The summed E-state index contributed by atoms with van der Waals surface area (Å²) in [5.41, 5.74) is 2.79. The average Bonchev–Trinajstić information content (AvgIpc) is 2.85. The van der Waals surface area contributed by atoms with Crippen molar-refractivity contribution in [2.24, 2.45) is 0 Å². The number of nitrogens with one attached hydrogen (secondary N) is 1. The van der Waals surface area contributed by atoms with Gasteiger partial charge in [-0.15, -0.1) is 0 Å². The highest BCUT2D eigenvalue weighted by atomic mass is 32.2. The van der Waals surface area contributed by atoms with E-state index in [0.717, 1.165) is 39.4 Å². The van der Waals surface area contributed by atoms with Gasteiger partial charge in [-0.1, -0.05) is 54.6 Å². The molecule has 1 unspecified atom stereocenters. The van der Waals surface area contributed by atoms with Crippen LogP contribution in [0.25, 0.3) is 0 Å². The number of hydrogen-bond donors (Lipinski definition) is 1. The lowest BCUT2D eigenvalue weighted by Crippen LogP contribution is -2.54. The number of benzene rings is 3. The molecule has 0 aliphatic carbocycles. The second kappa shape index (κ2) is 12.7. The van der Waals surface area contributed by atoms with Gasteiger partial charge >= 0.3 is 0 Å². The first-order valence-corrected chi connectivity index (χ1v) is 14.2. The number of anilines is 1. The first-order valence-electron chi connectivity index (χ1n) is 12.4. The number of nitrogens with zero attached hydrogens (tertiary/aromatic N) is 2. The molecule has 3 rings (SSSR count). The molecule has 3 aromatic rings. The lowest BCUT2D eigenvalue weighted by molar-refractivity contribution is -0.140. The highest BCUT2D eigenvalue weighted by molar-refractivity contribution is 7.92. The molecule has 0 aliphatic rings. The van der Waals surface area contributed by atoms with Crippen LogP contribution in [0.1, 0.15) is 30.5 Å². The smallest absolute Gasteiger partial charge is 0.244 e. The standard InChI is InChI=1S/C29H34FN3O4S/c1-21(2)31-29(35)27(18-23-11-6-5-7-12-23)32(19-24-13-9-8-10-22(24)3)28(34)20-33(38(4,36)37)26-16-14-25(30)15-17-26/h5-17,21,27H,18-20H2,1-4H3,(H,31,35). The molecule has 38 heavy (non-hydrogen) atoms. The Kier molecular flexibility index (Phi) is 9.63. The summed E-state index contributed by atoms with van der Waals surface area (Å²) in [5, 5.41) is 2.91. The van der Waals surface area contributed by atoms with Crippen molar-refractivity contribution >= 4 is 27.5 Å². The van der Waals surface area contributed by atoms with Crippen LogP contribution >= 0.6 is 0 Å². The molecule has 0 fully saturated rings. The van der Waals surface area contributed by atoms with Crippen LogP contribution < -0.4 is 9.62 Å². The van der Waals surface area contributed by atoms with Crippen LogP contribution in [0.3, 0.4) is 0 Å². The van der Waals surface area contributed by atoms with Crippen LogP contribution in [0.4, 0.5) is 10.1 Å². The number of carbonyl (C=O) groups excluding carboxylic acids is 2. The Morgan fingerprint density at radius 1 is 0.921 bits per heavy atom. The Balaban J connectivity index is 2.06. The Bertz CT molecular complexity index is 1350. The van der Waals surface area contributed by atoms with Gasteiger partial charge in [-0.05, 0) is 61.7 Å². The monoisotopic (exact) mass is 539 g/mol. The number of rotatable bonds is 11. The number of carbonyl (C=O) groups is 2. The van der Waals surface area contributed by atoms with E-state index in [1.807, 2.05) is 75.4 Å². The number of aryl methyl sites for hydroxylation is 1. The molecule has 7 nitrogen and oxygen atoms in total. The van der Waals surface area contributed by atoms with Gasteiger partial charge in [0.15, 0.2) is 0 Å². The third-order valence-electron chi connectivity index (χ3n) is 6.10. The van der Waals surface area contributed by atoms with Crippen LogP contribution in [0, 0.1) is 12.7 Å². The van der Waals surface area contributed by atoms with Crippen molar-refractivity contribution in [2.45, 2.75) is 45.8 Å². The predicted molar refractivity (Wildman–Crippen MR) is 148 cm³/mol. The highest BCUT2D eigenvalue weighted by Gasteiger charge is 2.33. The molecule has 1 atom stereocenters. The predicted octanol–water partition coefficient (Wildman–Crippen LogP) is 4.06. The molecule has 202 valence electrons. The molecule has 1 N–H and O–H groups in total. The van der Waals surface area contributed by atoms with Crippen LogP contribution in [-0.4, -0.2) is 50.0 Å². The zero-order valence-electron chi connectivity index (χ0n) is 22.1. The second-order valence-corrected chi connectivity index (χ2v) is 11.5. The Morgan fingerprint density at radius 3 is 2.11 bits per heavy atom. The quantitative estimate of drug-likeness (QED) is 0.398. The number of amides is 2. The molecule has 0 saturated heterocycles. The summed E-state index contributed by atoms with van der Waals surface area (Å²) in [4.78, 5) is 28.9. The van der Waals surface area contributed by atoms with E-state index in [0.29, 0.717) is 0 Å². The van der Waals surface area contributed by atoms with Gasteiger partial charge in [0.05, 0.1) is 11.9 Å². The fourth-order valence-corrected chi connectivity index (χ4v) is 4.98. The van der Waals surface area contributed by atoms with E-state index in [1.165, 1.54) is 17.0 Å². The molecule has 3 aromatic carbocycles. The van der Waals surface area contributed by atoms with Gasteiger partial charge in [0.1, 0.15) is 18.4 Å². The number of hydrogen-bond acceptors (Lipinski definition) is 4. The van der Waals surface area contributed by atoms with E-state index in [2.05, 4.69) is 5.32 Å². The van der Waals surface area contributed by atoms with Crippen molar-refractivity contribution in [3.63, 3.8) is 0 Å². The summed E-state index contributed by atoms with van der Waals surface area (Å²) in [7, 11) is -3.90. The summed E-state index contributed by atoms with van der Waals surface area (Å²) in [5.74, 6) is -1.41. The molecular formula is C29H34FN3O4S. The van der Waals surface area contributed by atoms with Gasteiger partial charge in [-0.25, -0.2) is 12.8 Å². The van der Waals surface area contributed by atoms with Crippen molar-refractivity contribution in [2.75, 3.05) is 17.1 Å². The van der Waals surface area contributed by atoms with Gasteiger partial charge in [0.25, 0.3) is 0 Å². The normalized spacial score (nSPS) is 12.2. The van der Waals surface area contributed by atoms with Crippen molar-refractivity contribution in [3.8, 4) is 0 Å². The SMILES string of the molecule is Cc1ccccc1CN(C(=O)CN(c1ccc(F)cc1)S(C)(=O)=O)C(Cc1ccccc1)C(=O)NC(C)C. The average molecular weight is 540 g/mol. The van der Waals surface area contributed by atoms with Crippen LogP contribution in [0.2, 0.25) is 0 Å². The summed E-state index contributed by atoms with van der Waals surface area (Å²) in [6, 6.07) is 20.7. The first-order chi connectivity index (χ1) is 18.0. The lowest BCUT2D eigenvalue weighted by atomic mass is 10.0. The lowest BCUT2D eigenvalue weighted by Gasteiger charge is -2.34. The van der Waals surface area contributed by atoms with Crippen molar-refractivity contribution in [1.29, 1.82) is 0 Å². The van der Waals surface area contributed by atoms with Crippen molar-refractivity contribution < 1.29 is 22.4 Å². The van der Waals surface area contributed by atoms with E-state index in [4.69, 9.17) is 0 Å². The van der Waals surface area contributed by atoms with E-state index in [-0.39, 0.29) is 30.6 Å². The maximum absolute atomic E-state index is 13.9. The minimum absolute atomic E-state index is 0.107. The van der Waals surface area contributed by atoms with E-state index >= 15 is 0 Å². The number of sulfonamides is 1. The minimum Gasteiger partial charge on any atom is -0.352 e. The summed E-state index contributed by atoms with van der Waals surface area (Å²) >= 11 is 0. The van der Waals surface area contributed by atoms with Crippen LogP contribution in [-0.2, 0) is 32.6 Å².